The summed E-state index contributed by atoms with van der Waals surface area (Å²) in [4.78, 5) is 22.8. The number of rotatable bonds is 3. The molecule has 1 aromatic rings. The van der Waals surface area contributed by atoms with E-state index in [-0.39, 0.29) is 24.3 Å². The molecule has 0 radical (unpaired) electrons. The van der Waals surface area contributed by atoms with Gasteiger partial charge in [0.2, 0.25) is 0 Å². The van der Waals surface area contributed by atoms with E-state index in [0.717, 1.165) is 6.42 Å². The molecule has 0 bridgehead atoms. The van der Waals surface area contributed by atoms with Gasteiger partial charge < -0.3 is 9.47 Å². The monoisotopic (exact) mass is 234 g/mol. The maximum absolute atomic E-state index is 11.7. The summed E-state index contributed by atoms with van der Waals surface area (Å²) in [5, 5.41) is 0. The van der Waals surface area contributed by atoms with Gasteiger partial charge in [0.1, 0.15) is 11.5 Å². The second-order valence-electron chi connectivity index (χ2n) is 4.11. The molecule has 0 saturated heterocycles. The van der Waals surface area contributed by atoms with E-state index in [4.69, 9.17) is 9.47 Å². The molecule has 1 aliphatic rings. The van der Waals surface area contributed by atoms with Crippen LogP contribution in [0.5, 0.6) is 11.5 Å². The molecule has 1 heterocycles. The van der Waals surface area contributed by atoms with Crippen molar-refractivity contribution in [3.05, 3.63) is 23.8 Å². The largest absolute Gasteiger partial charge is 0.426 e. The predicted octanol–water partition coefficient (Wildman–Crippen LogP) is 2.10. The first-order valence-corrected chi connectivity index (χ1v) is 5.66. The van der Waals surface area contributed by atoms with Crippen LogP contribution < -0.4 is 9.47 Å². The molecule has 4 heteroatoms. The summed E-state index contributed by atoms with van der Waals surface area (Å²) in [6.07, 6.45) is 0.891. The molecule has 0 spiro atoms. The molecule has 0 amide bonds. The highest BCUT2D eigenvalue weighted by Crippen LogP contribution is 2.34. The molecule has 1 atom stereocenters. The lowest BCUT2D eigenvalue weighted by atomic mass is 10.1. The average Bonchev–Trinajstić information content (AvgIpc) is 2.69. The van der Waals surface area contributed by atoms with Crippen LogP contribution in [0.4, 0.5) is 0 Å². The van der Waals surface area contributed by atoms with Gasteiger partial charge >= 0.3 is 11.9 Å². The summed E-state index contributed by atoms with van der Waals surface area (Å²) in [5.41, 5.74) is 0.661. The van der Waals surface area contributed by atoms with E-state index < -0.39 is 0 Å². The summed E-state index contributed by atoms with van der Waals surface area (Å²) in [6, 6.07) is 5.08. The third-order valence-corrected chi connectivity index (χ3v) is 2.86. The Morgan fingerprint density at radius 3 is 3.00 bits per heavy atom. The first kappa shape index (κ1) is 11.6. The quantitative estimate of drug-likeness (QED) is 0.593. The molecule has 1 aromatic carbocycles. The first-order valence-electron chi connectivity index (χ1n) is 5.66. The highest BCUT2D eigenvalue weighted by molar-refractivity contribution is 5.83. The molecule has 2 rings (SSSR count). The zero-order chi connectivity index (χ0) is 12.4. The van der Waals surface area contributed by atoms with Gasteiger partial charge in [0.25, 0.3) is 0 Å². The number of carbonyl (C=O) groups excluding carboxylic acids is 2. The number of carbonyl (C=O) groups is 2. The second kappa shape index (κ2) is 4.57. The van der Waals surface area contributed by atoms with Crippen LogP contribution in [-0.2, 0) is 16.0 Å². The fraction of sp³-hybridized carbons (Fsp3) is 0.385. The van der Waals surface area contributed by atoms with Gasteiger partial charge in [0, 0.05) is 5.56 Å². The van der Waals surface area contributed by atoms with Gasteiger partial charge in [-0.05, 0) is 18.6 Å². The fourth-order valence-electron chi connectivity index (χ4n) is 1.59. The normalized spacial score (nSPS) is 15.1. The van der Waals surface area contributed by atoms with Crippen molar-refractivity contribution in [3.8, 4) is 11.5 Å². The summed E-state index contributed by atoms with van der Waals surface area (Å²) >= 11 is 0. The highest BCUT2D eigenvalue weighted by Gasteiger charge is 2.25. The van der Waals surface area contributed by atoms with E-state index in [1.165, 1.54) is 0 Å². The smallest absolute Gasteiger partial charge is 0.315 e. The van der Waals surface area contributed by atoms with Gasteiger partial charge in [-0.2, -0.15) is 0 Å². The summed E-state index contributed by atoms with van der Waals surface area (Å²) < 4.78 is 10.3. The molecule has 0 saturated carbocycles. The van der Waals surface area contributed by atoms with Crippen molar-refractivity contribution in [2.75, 3.05) is 0 Å². The summed E-state index contributed by atoms with van der Waals surface area (Å²) in [7, 11) is 0. The molecule has 90 valence electrons. The standard InChI is InChI=1S/C13H14O4/c1-3-8(2)13(15)17-11-6-4-5-10-9(11)7-12(14)16-10/h4-6,8H,3,7H2,1-2H3. The molecule has 0 aliphatic carbocycles. The Balaban J connectivity index is 2.21. The van der Waals surface area contributed by atoms with Crippen LogP contribution in [0.3, 0.4) is 0 Å². The van der Waals surface area contributed by atoms with Crippen LogP contribution in [0.2, 0.25) is 0 Å². The molecule has 1 unspecified atom stereocenters. The molecular formula is C13H14O4. The highest BCUT2D eigenvalue weighted by atomic mass is 16.6. The minimum atomic E-state index is -0.313. The van der Waals surface area contributed by atoms with E-state index in [9.17, 15) is 9.59 Å². The Morgan fingerprint density at radius 1 is 1.53 bits per heavy atom. The SMILES string of the molecule is CCC(C)C(=O)Oc1cccc2c1CC(=O)O2. The number of hydrogen-bond acceptors (Lipinski definition) is 4. The number of fused-ring (bicyclic) bond motifs is 1. The second-order valence-corrected chi connectivity index (χ2v) is 4.11. The van der Waals surface area contributed by atoms with Gasteiger partial charge in [0.05, 0.1) is 12.3 Å². The molecule has 4 nitrogen and oxygen atoms in total. The van der Waals surface area contributed by atoms with Gasteiger partial charge in [-0.25, -0.2) is 0 Å². The number of benzene rings is 1. The Labute approximate surface area is 99.5 Å². The van der Waals surface area contributed by atoms with E-state index >= 15 is 0 Å². The number of esters is 2. The third kappa shape index (κ3) is 2.30. The van der Waals surface area contributed by atoms with Crippen LogP contribution in [0.15, 0.2) is 18.2 Å². The van der Waals surface area contributed by atoms with Crippen molar-refractivity contribution >= 4 is 11.9 Å². The van der Waals surface area contributed by atoms with Crippen molar-refractivity contribution in [1.29, 1.82) is 0 Å². The number of ether oxygens (including phenoxy) is 2. The van der Waals surface area contributed by atoms with Gasteiger partial charge in [-0.15, -0.1) is 0 Å². The fourth-order valence-corrected chi connectivity index (χ4v) is 1.59. The van der Waals surface area contributed by atoms with Crippen LogP contribution in [-0.4, -0.2) is 11.9 Å². The zero-order valence-corrected chi connectivity index (χ0v) is 9.86. The van der Waals surface area contributed by atoms with Gasteiger partial charge in [-0.3, -0.25) is 9.59 Å². The number of hydrogen-bond donors (Lipinski definition) is 0. The Bertz CT molecular complexity index is 464. The lowest BCUT2D eigenvalue weighted by molar-refractivity contribution is -0.138. The zero-order valence-electron chi connectivity index (χ0n) is 9.86. The predicted molar refractivity (Wildman–Crippen MR) is 60.9 cm³/mol. The molecular weight excluding hydrogens is 220 g/mol. The molecule has 0 N–H and O–H groups in total. The summed E-state index contributed by atoms with van der Waals surface area (Å²) in [5.74, 6) is 0.180. The van der Waals surface area contributed by atoms with Crippen LogP contribution in [0.25, 0.3) is 0 Å². The van der Waals surface area contributed by atoms with Crippen LogP contribution in [0, 0.1) is 5.92 Å². The Kier molecular flexibility index (Phi) is 3.13. The van der Waals surface area contributed by atoms with Crippen LogP contribution in [0.1, 0.15) is 25.8 Å². The third-order valence-electron chi connectivity index (χ3n) is 2.86. The lowest BCUT2D eigenvalue weighted by Crippen LogP contribution is -2.17. The molecule has 1 aliphatic heterocycles. The Morgan fingerprint density at radius 2 is 2.29 bits per heavy atom. The molecule has 17 heavy (non-hydrogen) atoms. The van der Waals surface area contributed by atoms with E-state index in [1.807, 2.05) is 13.8 Å². The Hall–Kier alpha value is -1.84. The van der Waals surface area contributed by atoms with Crippen molar-refractivity contribution in [3.63, 3.8) is 0 Å². The van der Waals surface area contributed by atoms with Crippen molar-refractivity contribution in [1.82, 2.24) is 0 Å². The van der Waals surface area contributed by atoms with E-state index in [2.05, 4.69) is 0 Å². The van der Waals surface area contributed by atoms with Gasteiger partial charge in [0.15, 0.2) is 0 Å². The molecule has 0 aromatic heterocycles. The average molecular weight is 234 g/mol. The minimum Gasteiger partial charge on any atom is -0.426 e. The van der Waals surface area contributed by atoms with Crippen molar-refractivity contribution < 1.29 is 19.1 Å². The van der Waals surface area contributed by atoms with Crippen molar-refractivity contribution in [2.45, 2.75) is 26.7 Å². The molecule has 0 fully saturated rings. The van der Waals surface area contributed by atoms with E-state index in [1.54, 1.807) is 18.2 Å². The maximum Gasteiger partial charge on any atom is 0.315 e. The maximum atomic E-state index is 11.7. The lowest BCUT2D eigenvalue weighted by Gasteiger charge is -2.10. The minimum absolute atomic E-state index is 0.149. The van der Waals surface area contributed by atoms with Gasteiger partial charge in [-0.1, -0.05) is 19.9 Å². The van der Waals surface area contributed by atoms with Crippen molar-refractivity contribution in [2.24, 2.45) is 5.92 Å². The summed E-state index contributed by atoms with van der Waals surface area (Å²) in [6.45, 7) is 3.74. The first-order chi connectivity index (χ1) is 8.11. The van der Waals surface area contributed by atoms with E-state index in [0.29, 0.717) is 17.1 Å². The van der Waals surface area contributed by atoms with Crippen LogP contribution >= 0.6 is 0 Å². The topological polar surface area (TPSA) is 52.6 Å².